The Balaban J connectivity index is 2.89. The first-order chi connectivity index (χ1) is 7.85. The van der Waals surface area contributed by atoms with Gasteiger partial charge in [-0.25, -0.2) is 13.2 Å². The minimum Gasteiger partial charge on any atom is -0.453 e. The maximum Gasteiger partial charge on any atom is 0.407 e. The number of rotatable bonds is 3. The summed E-state index contributed by atoms with van der Waals surface area (Å²) < 4.78 is 27.2. The fourth-order valence-electron chi connectivity index (χ4n) is 1.94. The van der Waals surface area contributed by atoms with Crippen LogP contribution < -0.4 is 5.32 Å². The van der Waals surface area contributed by atoms with Crippen molar-refractivity contribution in [2.45, 2.75) is 31.7 Å². The van der Waals surface area contributed by atoms with Gasteiger partial charge in [-0.3, -0.25) is 4.79 Å². The summed E-state index contributed by atoms with van der Waals surface area (Å²) in [4.78, 5) is 23.1. The van der Waals surface area contributed by atoms with E-state index >= 15 is 0 Å². The molecule has 98 valence electrons. The molecule has 0 spiro atoms. The van der Waals surface area contributed by atoms with E-state index in [9.17, 15) is 18.0 Å². The van der Waals surface area contributed by atoms with Crippen LogP contribution in [0.3, 0.4) is 0 Å². The van der Waals surface area contributed by atoms with Crippen LogP contribution >= 0.6 is 0 Å². The van der Waals surface area contributed by atoms with Crippen molar-refractivity contribution in [3.05, 3.63) is 0 Å². The molecule has 1 heterocycles. The molecule has 17 heavy (non-hydrogen) atoms. The number of sulfone groups is 1. The number of Topliss-reactive ketones (excluding diaryl/α,β-unsaturated/α-hetero) is 1. The van der Waals surface area contributed by atoms with E-state index in [1.54, 1.807) is 6.92 Å². The zero-order chi connectivity index (χ0) is 13.1. The monoisotopic (exact) mass is 263 g/mol. The third kappa shape index (κ3) is 3.18. The first kappa shape index (κ1) is 14.0. The molecule has 1 fully saturated rings. The molecule has 1 rings (SSSR count). The molecule has 0 aliphatic carbocycles. The second-order valence-corrected chi connectivity index (χ2v) is 6.43. The molecule has 6 nitrogen and oxygen atoms in total. The van der Waals surface area contributed by atoms with E-state index < -0.39 is 21.5 Å². The third-order valence-electron chi connectivity index (χ3n) is 3.06. The fourth-order valence-corrected chi connectivity index (χ4v) is 3.47. The van der Waals surface area contributed by atoms with Gasteiger partial charge in [0.1, 0.15) is 5.54 Å². The van der Waals surface area contributed by atoms with Gasteiger partial charge in [-0.2, -0.15) is 0 Å². The minimum absolute atomic E-state index is 0.0806. The zero-order valence-corrected chi connectivity index (χ0v) is 10.8. The highest BCUT2D eigenvalue weighted by molar-refractivity contribution is 7.91. The molecule has 1 saturated heterocycles. The van der Waals surface area contributed by atoms with Gasteiger partial charge in [0.15, 0.2) is 15.6 Å². The summed E-state index contributed by atoms with van der Waals surface area (Å²) in [5, 5.41) is 2.50. The number of hydrogen-bond acceptors (Lipinski definition) is 5. The molecule has 0 aromatic carbocycles. The average Bonchev–Trinajstić information content (AvgIpc) is 2.31. The van der Waals surface area contributed by atoms with Crippen LogP contribution in [0.25, 0.3) is 0 Å². The van der Waals surface area contributed by atoms with E-state index in [4.69, 9.17) is 0 Å². The van der Waals surface area contributed by atoms with Crippen LogP contribution in [0.1, 0.15) is 26.2 Å². The lowest BCUT2D eigenvalue weighted by atomic mass is 9.86. The smallest absolute Gasteiger partial charge is 0.407 e. The van der Waals surface area contributed by atoms with Gasteiger partial charge in [0, 0.05) is 6.42 Å². The van der Waals surface area contributed by atoms with Gasteiger partial charge >= 0.3 is 6.09 Å². The maximum atomic E-state index is 11.9. The van der Waals surface area contributed by atoms with E-state index in [1.165, 1.54) is 7.11 Å². The Hall–Kier alpha value is -1.11. The standard InChI is InChI=1S/C10H17NO5S/c1-3-8(12)10(11-9(13)16-2)4-6-17(14,15)7-5-10/h3-7H2,1-2H3,(H,11,13). The lowest BCUT2D eigenvalue weighted by Crippen LogP contribution is -2.58. The number of alkyl carbamates (subject to hydrolysis) is 1. The number of methoxy groups -OCH3 is 1. The summed E-state index contributed by atoms with van der Waals surface area (Å²) in [6.07, 6.45) is -0.204. The van der Waals surface area contributed by atoms with Gasteiger partial charge in [-0.1, -0.05) is 6.92 Å². The summed E-state index contributed by atoms with van der Waals surface area (Å²) in [6.45, 7) is 1.69. The summed E-state index contributed by atoms with van der Waals surface area (Å²) in [5.74, 6) is -0.316. The highest BCUT2D eigenvalue weighted by Gasteiger charge is 2.43. The summed E-state index contributed by atoms with van der Waals surface area (Å²) in [6, 6.07) is 0. The van der Waals surface area contributed by atoms with Crippen LogP contribution in [-0.2, 0) is 19.4 Å². The SMILES string of the molecule is CCC(=O)C1(NC(=O)OC)CCS(=O)(=O)CC1. The number of carbonyl (C=O) groups excluding carboxylic acids is 2. The molecule has 0 bridgehead atoms. The predicted octanol–water partition coefficient (Wildman–Crippen LogP) is 0.269. The quantitative estimate of drug-likeness (QED) is 0.789. The van der Waals surface area contributed by atoms with E-state index in [0.717, 1.165) is 0 Å². The van der Waals surface area contributed by atoms with Gasteiger partial charge in [-0.05, 0) is 12.8 Å². The largest absolute Gasteiger partial charge is 0.453 e. The van der Waals surface area contributed by atoms with Gasteiger partial charge in [0.05, 0.1) is 18.6 Å². The molecule has 1 N–H and O–H groups in total. The van der Waals surface area contributed by atoms with Gasteiger partial charge < -0.3 is 10.1 Å². The Morgan fingerprint density at radius 2 is 1.82 bits per heavy atom. The first-order valence-corrected chi connectivity index (χ1v) is 7.27. The lowest BCUT2D eigenvalue weighted by molar-refractivity contribution is -0.125. The van der Waals surface area contributed by atoms with Crippen LogP contribution in [-0.4, -0.2) is 44.4 Å². The molecule has 0 aromatic heterocycles. The molecule has 0 atom stereocenters. The van der Waals surface area contributed by atoms with Crippen molar-refractivity contribution in [1.29, 1.82) is 0 Å². The molecule has 0 unspecified atom stereocenters. The predicted molar refractivity (Wildman–Crippen MR) is 61.5 cm³/mol. The van der Waals surface area contributed by atoms with Gasteiger partial charge in [-0.15, -0.1) is 0 Å². The molecule has 0 aromatic rings. The van der Waals surface area contributed by atoms with E-state index in [0.29, 0.717) is 0 Å². The van der Waals surface area contributed by atoms with Crippen LogP contribution in [0.4, 0.5) is 4.79 Å². The van der Waals surface area contributed by atoms with Gasteiger partial charge in [0.2, 0.25) is 0 Å². The van der Waals surface area contributed by atoms with Crippen molar-refractivity contribution >= 4 is 21.7 Å². The molecule has 0 saturated carbocycles. The second-order valence-electron chi connectivity index (χ2n) is 4.13. The molecule has 1 aliphatic heterocycles. The Morgan fingerprint density at radius 3 is 2.24 bits per heavy atom. The highest BCUT2D eigenvalue weighted by atomic mass is 32.2. The van der Waals surface area contributed by atoms with Crippen LogP contribution in [0.15, 0.2) is 0 Å². The summed E-state index contributed by atoms with van der Waals surface area (Å²) in [5.41, 5.74) is -1.08. The molecule has 7 heteroatoms. The molecular weight excluding hydrogens is 246 g/mol. The Bertz CT molecular complexity index is 400. The van der Waals surface area contributed by atoms with Crippen molar-refractivity contribution in [3.8, 4) is 0 Å². The van der Waals surface area contributed by atoms with Crippen molar-refractivity contribution in [2.75, 3.05) is 18.6 Å². The first-order valence-electron chi connectivity index (χ1n) is 5.45. The molecule has 0 radical (unpaired) electrons. The Morgan fingerprint density at radius 1 is 1.29 bits per heavy atom. The van der Waals surface area contributed by atoms with Crippen molar-refractivity contribution in [1.82, 2.24) is 5.32 Å². The summed E-state index contributed by atoms with van der Waals surface area (Å²) >= 11 is 0. The molecule has 1 amide bonds. The van der Waals surface area contributed by atoms with Crippen molar-refractivity contribution in [3.63, 3.8) is 0 Å². The number of carbonyl (C=O) groups is 2. The lowest BCUT2D eigenvalue weighted by Gasteiger charge is -2.35. The van der Waals surface area contributed by atoms with E-state index in [1.807, 2.05) is 0 Å². The third-order valence-corrected chi connectivity index (χ3v) is 4.71. The topological polar surface area (TPSA) is 89.5 Å². The van der Waals surface area contributed by atoms with E-state index in [-0.39, 0.29) is 36.6 Å². The van der Waals surface area contributed by atoms with Crippen molar-refractivity contribution in [2.24, 2.45) is 0 Å². The maximum absolute atomic E-state index is 11.9. The number of ether oxygens (including phenoxy) is 1. The van der Waals surface area contributed by atoms with Crippen LogP contribution in [0.2, 0.25) is 0 Å². The normalized spacial score (nSPS) is 21.5. The van der Waals surface area contributed by atoms with Gasteiger partial charge in [0.25, 0.3) is 0 Å². The number of nitrogens with one attached hydrogen (secondary N) is 1. The van der Waals surface area contributed by atoms with Crippen LogP contribution in [0, 0.1) is 0 Å². The summed E-state index contributed by atoms with van der Waals surface area (Å²) in [7, 11) is -1.88. The highest BCUT2D eigenvalue weighted by Crippen LogP contribution is 2.26. The number of amides is 1. The Kier molecular flexibility index (Phi) is 4.13. The number of hydrogen-bond donors (Lipinski definition) is 1. The minimum atomic E-state index is -3.08. The van der Waals surface area contributed by atoms with E-state index in [2.05, 4.69) is 10.1 Å². The second kappa shape index (κ2) is 5.03. The Labute approximate surface area is 101 Å². The fraction of sp³-hybridized carbons (Fsp3) is 0.800. The average molecular weight is 263 g/mol. The number of ketones is 1. The molecular formula is C10H17NO5S. The zero-order valence-electron chi connectivity index (χ0n) is 9.99. The van der Waals surface area contributed by atoms with Crippen LogP contribution in [0.5, 0.6) is 0 Å². The molecule has 1 aliphatic rings. The van der Waals surface area contributed by atoms with Crippen molar-refractivity contribution < 1.29 is 22.7 Å².